The maximum absolute atomic E-state index is 13.7. The highest BCUT2D eigenvalue weighted by molar-refractivity contribution is 7.17. The van der Waals surface area contributed by atoms with Gasteiger partial charge >= 0.3 is 5.97 Å². The zero-order valence-corrected chi connectivity index (χ0v) is 17.4. The van der Waals surface area contributed by atoms with Gasteiger partial charge in [-0.3, -0.25) is 9.59 Å². The molecule has 158 valence electrons. The molecule has 1 amide bonds. The summed E-state index contributed by atoms with van der Waals surface area (Å²) in [4.78, 5) is 27.0. The van der Waals surface area contributed by atoms with Crippen LogP contribution in [-0.2, 0) is 16.1 Å². The molecule has 30 heavy (non-hydrogen) atoms. The van der Waals surface area contributed by atoms with Crippen molar-refractivity contribution in [2.75, 3.05) is 19.7 Å². The Morgan fingerprint density at radius 3 is 2.60 bits per heavy atom. The summed E-state index contributed by atoms with van der Waals surface area (Å²) in [6.07, 6.45) is 1.14. The molecule has 0 N–H and O–H groups in total. The first-order valence-corrected chi connectivity index (χ1v) is 10.8. The van der Waals surface area contributed by atoms with Crippen molar-refractivity contribution in [1.29, 1.82) is 0 Å². The predicted molar refractivity (Wildman–Crippen MR) is 111 cm³/mol. The summed E-state index contributed by atoms with van der Waals surface area (Å²) >= 11 is 1.53. The summed E-state index contributed by atoms with van der Waals surface area (Å²) in [5.74, 6) is -2.30. The van der Waals surface area contributed by atoms with Crippen LogP contribution in [0, 0.1) is 17.6 Å². The van der Waals surface area contributed by atoms with E-state index in [1.165, 1.54) is 17.4 Å². The molecule has 3 heterocycles. The fourth-order valence-electron chi connectivity index (χ4n) is 3.89. The van der Waals surface area contributed by atoms with E-state index in [1.807, 2.05) is 22.1 Å². The number of halogens is 2. The molecule has 0 spiro atoms. The number of amides is 1. The van der Waals surface area contributed by atoms with Crippen LogP contribution in [0.1, 0.15) is 35.8 Å². The van der Waals surface area contributed by atoms with Crippen molar-refractivity contribution in [2.45, 2.75) is 26.3 Å². The second-order valence-electron chi connectivity index (χ2n) is 7.35. The van der Waals surface area contributed by atoms with Gasteiger partial charge in [0.15, 0.2) is 11.6 Å². The van der Waals surface area contributed by atoms with Crippen LogP contribution in [0.4, 0.5) is 8.78 Å². The van der Waals surface area contributed by atoms with Gasteiger partial charge < -0.3 is 14.2 Å². The lowest BCUT2D eigenvalue weighted by Crippen LogP contribution is -2.41. The second-order valence-corrected chi connectivity index (χ2v) is 8.30. The Hall–Kier alpha value is -2.74. The number of esters is 1. The number of hydrogen-bond donors (Lipinski definition) is 0. The largest absolute Gasteiger partial charge is 0.466 e. The van der Waals surface area contributed by atoms with Crippen LogP contribution in [0.3, 0.4) is 0 Å². The lowest BCUT2D eigenvalue weighted by molar-refractivity contribution is -0.149. The van der Waals surface area contributed by atoms with Gasteiger partial charge in [-0.05, 0) is 55.0 Å². The molecule has 1 aromatic carbocycles. The summed E-state index contributed by atoms with van der Waals surface area (Å²) in [6, 6.07) is 7.55. The van der Waals surface area contributed by atoms with Gasteiger partial charge in [-0.25, -0.2) is 8.78 Å². The van der Waals surface area contributed by atoms with Gasteiger partial charge in [-0.1, -0.05) is 6.07 Å². The Balaban J connectivity index is 1.56. The number of carbonyl (C=O) groups is 2. The normalized spacial score (nSPS) is 15.0. The van der Waals surface area contributed by atoms with E-state index in [1.54, 1.807) is 11.8 Å². The number of likely N-dealkylation sites (tertiary alicyclic amines) is 1. The zero-order chi connectivity index (χ0) is 21.3. The van der Waals surface area contributed by atoms with Gasteiger partial charge in [0, 0.05) is 19.6 Å². The lowest BCUT2D eigenvalue weighted by atomic mass is 9.97. The lowest BCUT2D eigenvalue weighted by Gasteiger charge is -2.31. The summed E-state index contributed by atoms with van der Waals surface area (Å²) in [5.41, 5.74) is 1.97. The Bertz CT molecular complexity index is 1080. The van der Waals surface area contributed by atoms with E-state index in [2.05, 4.69) is 0 Å². The van der Waals surface area contributed by atoms with E-state index in [4.69, 9.17) is 4.74 Å². The molecule has 1 aliphatic heterocycles. The fourth-order valence-corrected chi connectivity index (χ4v) is 4.71. The van der Waals surface area contributed by atoms with Gasteiger partial charge in [0.1, 0.15) is 5.69 Å². The Morgan fingerprint density at radius 1 is 1.13 bits per heavy atom. The smallest absolute Gasteiger partial charge is 0.309 e. The van der Waals surface area contributed by atoms with E-state index in [0.29, 0.717) is 43.8 Å². The molecule has 4 rings (SSSR count). The number of rotatable bonds is 5. The van der Waals surface area contributed by atoms with Crippen molar-refractivity contribution in [1.82, 2.24) is 9.47 Å². The molecule has 0 bridgehead atoms. The van der Waals surface area contributed by atoms with Gasteiger partial charge in [0.05, 0.1) is 22.7 Å². The summed E-state index contributed by atoms with van der Waals surface area (Å²) < 4.78 is 34.9. The minimum absolute atomic E-state index is 0.122. The molecule has 0 aliphatic carbocycles. The van der Waals surface area contributed by atoms with Crippen molar-refractivity contribution in [3.8, 4) is 0 Å². The van der Waals surface area contributed by atoms with Crippen molar-refractivity contribution >= 4 is 33.4 Å². The number of aromatic nitrogens is 1. The van der Waals surface area contributed by atoms with E-state index in [0.717, 1.165) is 22.3 Å². The van der Waals surface area contributed by atoms with E-state index >= 15 is 0 Å². The Labute approximate surface area is 176 Å². The SMILES string of the molecule is CCOC(=O)C1CCN(C(=O)c2cc3sccc3n2Cc2ccc(F)c(F)c2)CC1. The molecule has 0 unspecified atom stereocenters. The summed E-state index contributed by atoms with van der Waals surface area (Å²) in [5, 5.41) is 1.94. The summed E-state index contributed by atoms with van der Waals surface area (Å²) in [6.45, 7) is 3.35. The molecular weight excluding hydrogens is 410 g/mol. The molecule has 8 heteroatoms. The molecule has 5 nitrogen and oxygen atoms in total. The Morgan fingerprint density at radius 2 is 1.90 bits per heavy atom. The predicted octanol–water partition coefficient (Wildman–Crippen LogP) is 4.44. The van der Waals surface area contributed by atoms with Crippen LogP contribution < -0.4 is 0 Å². The standard InChI is InChI=1S/C22H22F2N2O3S/c1-2-29-22(28)15-5-8-25(9-6-15)21(27)19-12-20-18(7-10-30-20)26(19)13-14-3-4-16(23)17(24)11-14/h3-4,7,10-12,15H,2,5-6,8-9,13H2,1H3. The molecule has 1 aliphatic rings. The van der Waals surface area contributed by atoms with Gasteiger partial charge in [-0.2, -0.15) is 0 Å². The van der Waals surface area contributed by atoms with Crippen molar-refractivity contribution in [2.24, 2.45) is 5.92 Å². The van der Waals surface area contributed by atoms with Crippen molar-refractivity contribution < 1.29 is 23.1 Å². The topological polar surface area (TPSA) is 51.5 Å². The number of fused-ring (bicyclic) bond motifs is 1. The number of carbonyl (C=O) groups excluding carboxylic acids is 2. The minimum Gasteiger partial charge on any atom is -0.466 e. The minimum atomic E-state index is -0.907. The quantitative estimate of drug-likeness (QED) is 0.560. The fraction of sp³-hybridized carbons (Fsp3) is 0.364. The summed E-state index contributed by atoms with van der Waals surface area (Å²) in [7, 11) is 0. The first-order valence-electron chi connectivity index (χ1n) is 9.94. The third kappa shape index (κ3) is 3.96. The highest BCUT2D eigenvalue weighted by Gasteiger charge is 2.30. The number of ether oxygens (including phenoxy) is 1. The van der Waals surface area contributed by atoms with E-state index in [-0.39, 0.29) is 24.3 Å². The molecule has 1 saturated heterocycles. The van der Waals surface area contributed by atoms with Crippen LogP contribution in [0.15, 0.2) is 35.7 Å². The van der Waals surface area contributed by atoms with Crippen LogP contribution in [0.25, 0.3) is 10.2 Å². The molecule has 3 aromatic rings. The molecule has 0 radical (unpaired) electrons. The number of piperidine rings is 1. The monoisotopic (exact) mass is 432 g/mol. The average molecular weight is 432 g/mol. The van der Waals surface area contributed by atoms with Crippen molar-refractivity contribution in [3.63, 3.8) is 0 Å². The first-order chi connectivity index (χ1) is 14.5. The maximum atomic E-state index is 13.7. The second kappa shape index (κ2) is 8.55. The van der Waals surface area contributed by atoms with E-state index < -0.39 is 11.6 Å². The van der Waals surface area contributed by atoms with E-state index in [9.17, 15) is 18.4 Å². The van der Waals surface area contributed by atoms with Gasteiger partial charge in [0.25, 0.3) is 5.91 Å². The third-order valence-electron chi connectivity index (χ3n) is 5.47. The number of nitrogens with zero attached hydrogens (tertiary/aromatic N) is 2. The molecule has 1 fully saturated rings. The average Bonchev–Trinajstić information content (AvgIpc) is 3.33. The van der Waals surface area contributed by atoms with Gasteiger partial charge in [0.2, 0.25) is 0 Å². The molecule has 0 atom stereocenters. The van der Waals surface area contributed by atoms with Crippen LogP contribution in [-0.4, -0.2) is 41.0 Å². The van der Waals surface area contributed by atoms with Gasteiger partial charge in [-0.15, -0.1) is 11.3 Å². The third-order valence-corrected chi connectivity index (χ3v) is 6.32. The highest BCUT2D eigenvalue weighted by Crippen LogP contribution is 2.28. The van der Waals surface area contributed by atoms with Crippen LogP contribution >= 0.6 is 11.3 Å². The van der Waals surface area contributed by atoms with Crippen LogP contribution in [0.5, 0.6) is 0 Å². The Kier molecular flexibility index (Phi) is 5.85. The number of benzene rings is 1. The van der Waals surface area contributed by atoms with Crippen molar-refractivity contribution in [3.05, 3.63) is 58.6 Å². The van der Waals surface area contributed by atoms with Crippen LogP contribution in [0.2, 0.25) is 0 Å². The maximum Gasteiger partial charge on any atom is 0.309 e. The number of thiophene rings is 1. The highest BCUT2D eigenvalue weighted by atomic mass is 32.1. The molecule has 2 aromatic heterocycles. The molecular formula is C22H22F2N2O3S. The number of hydrogen-bond acceptors (Lipinski definition) is 4. The first kappa shape index (κ1) is 20.5. The molecule has 0 saturated carbocycles. The zero-order valence-electron chi connectivity index (χ0n) is 16.6.